The Morgan fingerprint density at radius 1 is 0.689 bits per heavy atom. The van der Waals surface area contributed by atoms with Crippen molar-refractivity contribution in [1.29, 1.82) is 0 Å². The molecule has 4 aliphatic carbocycles. The van der Waals surface area contributed by atoms with Crippen LogP contribution in [0.4, 0.5) is 0 Å². The Hall–Kier alpha value is -1.43. The van der Waals surface area contributed by atoms with Crippen LogP contribution >= 0.6 is 0 Å². The third kappa shape index (κ3) is 10.1. The molecule has 0 aromatic heterocycles. The third-order valence-electron chi connectivity index (χ3n) is 20.2. The predicted octanol–water partition coefficient (Wildman–Crippen LogP) is -1.75. The first kappa shape index (κ1) is 58.7. The van der Waals surface area contributed by atoms with Gasteiger partial charge in [-0.2, -0.15) is 0 Å². The van der Waals surface area contributed by atoms with Crippen LogP contribution in [0.2, 0.25) is 0 Å². The van der Waals surface area contributed by atoms with Gasteiger partial charge in [-0.05, 0) is 118 Å². The van der Waals surface area contributed by atoms with Crippen molar-refractivity contribution in [2.45, 2.75) is 234 Å². The maximum atomic E-state index is 14.2. The summed E-state index contributed by atoms with van der Waals surface area (Å²) < 4.78 is 48.6. The van der Waals surface area contributed by atoms with E-state index in [1.54, 1.807) is 6.92 Å². The molecule has 0 spiro atoms. The predicted molar refractivity (Wildman–Crippen MR) is 255 cm³/mol. The summed E-state index contributed by atoms with van der Waals surface area (Å²) in [6.45, 7) is 14.0. The van der Waals surface area contributed by atoms with Crippen molar-refractivity contribution in [1.82, 2.24) is 0 Å². The SMILES string of the molecule is C=C(C)[C@@H](O)CC[C@@](O)(CO[C@@H]1O[C@H](CO)[C@@H](O)[C@H](O)[C@H]1O)[C@H]1CC[C@]2(C)[C@@H]1CC[C@@H]1[C@@]3(C=O)CC[C@H](O[C@@H]4OC[C@H](O)[C@H](O[C@@H]5OC[C@@H](O)[C@H](O)[C@H]5O)[C@H]4O[C@@H]4O[C@@H](C)[C@H](O)[C@@H](O)[C@H]4O)C(C)(C)[C@@H]3CC[C@]12C. The smallest absolute Gasteiger partial charge is 0.187 e. The molecular formula is C52H86O22. The first-order chi connectivity index (χ1) is 34.7. The Morgan fingerprint density at radius 3 is 1.99 bits per heavy atom. The summed E-state index contributed by atoms with van der Waals surface area (Å²) in [6.07, 6.45) is -22.4. The highest BCUT2D eigenvalue weighted by atomic mass is 16.8. The molecule has 22 nitrogen and oxygen atoms in total. The summed E-state index contributed by atoms with van der Waals surface area (Å²) in [4.78, 5) is 14.2. The molecule has 4 saturated carbocycles. The van der Waals surface area contributed by atoms with Gasteiger partial charge in [0.05, 0.1) is 50.3 Å². The molecule has 0 unspecified atom stereocenters. The molecule has 8 aliphatic rings. The molecule has 0 bridgehead atoms. The quantitative estimate of drug-likeness (QED) is 0.0463. The van der Waals surface area contributed by atoms with E-state index < -0.39 is 152 Å². The second-order valence-corrected chi connectivity index (χ2v) is 24.4. The molecule has 74 heavy (non-hydrogen) atoms. The molecule has 0 aromatic rings. The number of rotatable bonds is 16. The summed E-state index contributed by atoms with van der Waals surface area (Å²) in [6, 6.07) is 0. The highest BCUT2D eigenvalue weighted by Crippen LogP contribution is 2.76. The van der Waals surface area contributed by atoms with Gasteiger partial charge in [0, 0.05) is 5.41 Å². The monoisotopic (exact) mass is 1060 g/mol. The van der Waals surface area contributed by atoms with Crippen molar-refractivity contribution < 1.29 is 109 Å². The highest BCUT2D eigenvalue weighted by molar-refractivity contribution is 5.62. The third-order valence-corrected chi connectivity index (χ3v) is 20.2. The molecule has 4 saturated heterocycles. The maximum absolute atomic E-state index is 14.2. The highest BCUT2D eigenvalue weighted by Gasteiger charge is 2.71. The van der Waals surface area contributed by atoms with E-state index in [0.29, 0.717) is 44.1 Å². The molecule has 426 valence electrons. The first-order valence-corrected chi connectivity index (χ1v) is 26.8. The van der Waals surface area contributed by atoms with Crippen LogP contribution < -0.4 is 0 Å². The summed E-state index contributed by atoms with van der Waals surface area (Å²) in [5.41, 5.74) is -3.30. The zero-order valence-electron chi connectivity index (χ0n) is 43.5. The van der Waals surface area contributed by atoms with Gasteiger partial charge in [-0.3, -0.25) is 0 Å². The molecule has 0 amide bonds. The van der Waals surface area contributed by atoms with E-state index in [2.05, 4.69) is 34.3 Å². The van der Waals surface area contributed by atoms with E-state index in [-0.39, 0.29) is 60.6 Å². The summed E-state index contributed by atoms with van der Waals surface area (Å²) in [7, 11) is 0. The summed E-state index contributed by atoms with van der Waals surface area (Å²) in [5.74, 6) is -0.680. The van der Waals surface area contributed by atoms with Gasteiger partial charge in [-0.15, -0.1) is 0 Å². The largest absolute Gasteiger partial charge is 0.394 e. The lowest BCUT2D eigenvalue weighted by Gasteiger charge is -2.69. The summed E-state index contributed by atoms with van der Waals surface area (Å²) >= 11 is 0. The molecule has 4 heterocycles. The molecule has 13 N–H and O–H groups in total. The van der Waals surface area contributed by atoms with E-state index in [0.717, 1.165) is 19.1 Å². The van der Waals surface area contributed by atoms with Gasteiger partial charge in [-0.25, -0.2) is 0 Å². The van der Waals surface area contributed by atoms with Gasteiger partial charge in [0.15, 0.2) is 25.2 Å². The fraction of sp³-hybridized carbons (Fsp3) is 0.942. The molecule has 4 aliphatic heterocycles. The van der Waals surface area contributed by atoms with E-state index in [1.807, 2.05) is 0 Å². The number of ether oxygens (including phenoxy) is 8. The van der Waals surface area contributed by atoms with Crippen molar-refractivity contribution in [3.05, 3.63) is 12.2 Å². The average molecular weight is 1060 g/mol. The fourth-order valence-corrected chi connectivity index (χ4v) is 15.5. The van der Waals surface area contributed by atoms with E-state index >= 15 is 0 Å². The van der Waals surface area contributed by atoms with E-state index in [1.165, 1.54) is 6.92 Å². The Morgan fingerprint density at radius 2 is 1.31 bits per heavy atom. The number of hydrogen-bond acceptors (Lipinski definition) is 22. The second-order valence-electron chi connectivity index (χ2n) is 24.4. The van der Waals surface area contributed by atoms with Crippen molar-refractivity contribution in [3.8, 4) is 0 Å². The second kappa shape index (κ2) is 22.2. The zero-order chi connectivity index (χ0) is 54.2. The van der Waals surface area contributed by atoms with Crippen LogP contribution in [0.1, 0.15) is 106 Å². The van der Waals surface area contributed by atoms with Crippen LogP contribution in [0, 0.1) is 45.3 Å². The number of hydrogen-bond donors (Lipinski definition) is 13. The lowest BCUT2D eigenvalue weighted by Crippen LogP contribution is -2.67. The number of aldehydes is 1. The van der Waals surface area contributed by atoms with Crippen LogP contribution in [0.3, 0.4) is 0 Å². The normalized spacial score (nSPS) is 51.7. The lowest BCUT2D eigenvalue weighted by molar-refractivity contribution is -0.383. The number of carbonyl (C=O) groups is 1. The minimum atomic E-state index is -1.77. The Balaban J connectivity index is 1.03. The van der Waals surface area contributed by atoms with Crippen molar-refractivity contribution in [3.63, 3.8) is 0 Å². The number of carbonyl (C=O) groups excluding carboxylic acids is 1. The van der Waals surface area contributed by atoms with Crippen molar-refractivity contribution in [2.75, 3.05) is 26.4 Å². The zero-order valence-corrected chi connectivity index (χ0v) is 43.5. The van der Waals surface area contributed by atoms with Gasteiger partial charge in [0.25, 0.3) is 0 Å². The van der Waals surface area contributed by atoms with Crippen molar-refractivity contribution in [2.24, 2.45) is 45.3 Å². The first-order valence-electron chi connectivity index (χ1n) is 26.8. The fourth-order valence-electron chi connectivity index (χ4n) is 15.5. The van der Waals surface area contributed by atoms with Gasteiger partial charge < -0.3 is 109 Å². The molecule has 28 atom stereocenters. The van der Waals surface area contributed by atoms with Crippen LogP contribution in [-0.2, 0) is 42.7 Å². The molecule has 8 fully saturated rings. The summed E-state index contributed by atoms with van der Waals surface area (Å²) in [5, 5.41) is 140. The van der Waals surface area contributed by atoms with Gasteiger partial charge in [-0.1, -0.05) is 39.8 Å². The Labute approximate surface area is 432 Å². The van der Waals surface area contributed by atoms with E-state index in [9.17, 15) is 71.2 Å². The molecule has 0 radical (unpaired) electrons. The Kier molecular flexibility index (Phi) is 17.7. The average Bonchev–Trinajstić information content (AvgIpc) is 3.74. The number of fused-ring (bicyclic) bond motifs is 5. The lowest BCUT2D eigenvalue weighted by atomic mass is 9.35. The van der Waals surface area contributed by atoms with Gasteiger partial charge in [0.1, 0.15) is 85.6 Å². The Bertz CT molecular complexity index is 1930. The standard InChI is InChI=1S/C52H86O22/c1-23(2)27(55)11-17-52(66,22-69-45-40(64)38(62)36(60)30(18-53)71-45)26-10-14-49(6)25(26)8-9-32-50(49,7)15-12-31-48(4,5)33(13-16-51(31,32)21-54)72-47-43(74-46-41(65)37(61)34(58)24(3)70-46)42(29(57)20-68-47)73-44-39(63)35(59)28(56)19-67-44/h21,24-47,53,55-66H,1,8-20,22H2,2-7H3/t24-,25+,26-,27-,28+,29-,30+,31-,32-,33-,34-,35-,36+,37+,38-,39+,40+,41+,42-,43+,44-,45+,46-,47-,49+,50+,51+,52+/m0/s1. The van der Waals surface area contributed by atoms with Crippen molar-refractivity contribution >= 4 is 6.29 Å². The van der Waals surface area contributed by atoms with Crippen LogP contribution in [0.5, 0.6) is 0 Å². The minimum Gasteiger partial charge on any atom is -0.394 e. The minimum absolute atomic E-state index is 0.0552. The number of aliphatic hydroxyl groups is 13. The molecule has 22 heteroatoms. The van der Waals surface area contributed by atoms with Crippen LogP contribution in [-0.4, -0.2) is 228 Å². The van der Waals surface area contributed by atoms with E-state index in [4.69, 9.17) is 37.9 Å². The molecule has 8 rings (SSSR count). The van der Waals surface area contributed by atoms with Gasteiger partial charge >= 0.3 is 0 Å². The topological polar surface area (TPSA) is 354 Å². The van der Waals surface area contributed by atoms with Crippen LogP contribution in [0.15, 0.2) is 12.2 Å². The molecular weight excluding hydrogens is 977 g/mol. The van der Waals surface area contributed by atoms with Gasteiger partial charge in [0.2, 0.25) is 0 Å². The molecule has 0 aromatic carbocycles. The maximum Gasteiger partial charge on any atom is 0.187 e. The van der Waals surface area contributed by atoms with Crippen LogP contribution in [0.25, 0.3) is 0 Å². The number of aliphatic hydroxyl groups excluding tert-OH is 12.